The molecule has 104 valence electrons. The number of anilines is 1. The van der Waals surface area contributed by atoms with Crippen LogP contribution in [0.2, 0.25) is 0 Å². The Balaban J connectivity index is 1.64. The molecular weight excluding hydrogens is 252 g/mol. The molecule has 3 rings (SSSR count). The molecule has 0 radical (unpaired) electrons. The second kappa shape index (κ2) is 5.49. The first-order valence-corrected chi connectivity index (χ1v) is 7.18. The van der Waals surface area contributed by atoms with Crippen molar-refractivity contribution in [1.29, 1.82) is 5.26 Å². The average molecular weight is 270 g/mol. The quantitative estimate of drug-likeness (QED) is 0.815. The fraction of sp³-hybridized carbons (Fsp3) is 0.533. The molecule has 0 aromatic carbocycles. The summed E-state index contributed by atoms with van der Waals surface area (Å²) in [5.41, 5.74) is 0.578. The van der Waals surface area contributed by atoms with Crippen LogP contribution in [0.15, 0.2) is 18.3 Å². The summed E-state index contributed by atoms with van der Waals surface area (Å²) >= 11 is 0. The predicted molar refractivity (Wildman–Crippen MR) is 75.1 cm³/mol. The third-order valence-corrected chi connectivity index (χ3v) is 3.94. The highest BCUT2D eigenvalue weighted by Gasteiger charge is 2.33. The molecule has 1 aromatic rings. The minimum atomic E-state index is 0.301. The van der Waals surface area contributed by atoms with Crippen molar-refractivity contribution in [3.05, 3.63) is 23.9 Å². The minimum Gasteiger partial charge on any atom is -0.355 e. The van der Waals surface area contributed by atoms with Crippen LogP contribution in [0.25, 0.3) is 0 Å². The van der Waals surface area contributed by atoms with E-state index in [1.165, 1.54) is 0 Å². The van der Waals surface area contributed by atoms with Crippen molar-refractivity contribution in [1.82, 2.24) is 9.88 Å². The van der Waals surface area contributed by atoms with Gasteiger partial charge in [0.2, 0.25) is 5.91 Å². The van der Waals surface area contributed by atoms with Crippen molar-refractivity contribution >= 4 is 11.7 Å². The Bertz CT molecular complexity index is 530. The molecule has 1 amide bonds. The lowest BCUT2D eigenvalue weighted by atomic mass is 10.3. The maximum Gasteiger partial charge on any atom is 0.225 e. The molecule has 1 aliphatic heterocycles. The molecule has 5 nitrogen and oxygen atoms in total. The van der Waals surface area contributed by atoms with Crippen LogP contribution in [0.1, 0.15) is 24.8 Å². The van der Waals surface area contributed by atoms with Gasteiger partial charge in [-0.05, 0) is 31.4 Å². The van der Waals surface area contributed by atoms with Gasteiger partial charge in [0.05, 0.1) is 5.56 Å². The maximum absolute atomic E-state index is 12.1. The third-order valence-electron chi connectivity index (χ3n) is 3.94. The van der Waals surface area contributed by atoms with Gasteiger partial charge in [-0.15, -0.1) is 0 Å². The lowest BCUT2D eigenvalue weighted by Gasteiger charge is -2.22. The number of aromatic nitrogens is 1. The number of hydrogen-bond donors (Lipinski definition) is 0. The molecule has 1 saturated carbocycles. The van der Waals surface area contributed by atoms with Crippen LogP contribution in [0.5, 0.6) is 0 Å². The lowest BCUT2D eigenvalue weighted by molar-refractivity contribution is -0.132. The number of carbonyl (C=O) groups is 1. The van der Waals surface area contributed by atoms with E-state index < -0.39 is 0 Å². The van der Waals surface area contributed by atoms with Crippen molar-refractivity contribution in [2.75, 3.05) is 31.1 Å². The Hall–Kier alpha value is -2.09. The summed E-state index contributed by atoms with van der Waals surface area (Å²) in [7, 11) is 0. The molecule has 0 N–H and O–H groups in total. The molecule has 0 bridgehead atoms. The number of rotatable bonds is 2. The van der Waals surface area contributed by atoms with Gasteiger partial charge in [-0.3, -0.25) is 4.79 Å². The number of amides is 1. The summed E-state index contributed by atoms with van der Waals surface area (Å²) in [6.07, 6.45) is 4.71. The number of hydrogen-bond acceptors (Lipinski definition) is 4. The van der Waals surface area contributed by atoms with Gasteiger partial charge in [0.1, 0.15) is 11.9 Å². The third kappa shape index (κ3) is 2.74. The van der Waals surface area contributed by atoms with Crippen LogP contribution in [-0.2, 0) is 4.79 Å². The summed E-state index contributed by atoms with van der Waals surface area (Å²) in [5, 5.41) is 8.79. The second-order valence-electron chi connectivity index (χ2n) is 5.46. The van der Waals surface area contributed by atoms with Crippen molar-refractivity contribution in [3.8, 4) is 6.07 Å². The maximum atomic E-state index is 12.1. The van der Waals surface area contributed by atoms with E-state index in [9.17, 15) is 4.79 Å². The fourth-order valence-electron chi connectivity index (χ4n) is 2.59. The Morgan fingerprint density at radius 1 is 1.25 bits per heavy atom. The van der Waals surface area contributed by atoms with E-state index >= 15 is 0 Å². The molecule has 2 fully saturated rings. The summed E-state index contributed by atoms with van der Waals surface area (Å²) in [6, 6.07) is 5.75. The van der Waals surface area contributed by atoms with Gasteiger partial charge in [0, 0.05) is 38.3 Å². The largest absolute Gasteiger partial charge is 0.355 e. The van der Waals surface area contributed by atoms with Gasteiger partial charge in [-0.1, -0.05) is 0 Å². The van der Waals surface area contributed by atoms with E-state index in [1.54, 1.807) is 12.3 Å². The van der Waals surface area contributed by atoms with Crippen molar-refractivity contribution < 1.29 is 4.79 Å². The summed E-state index contributed by atoms with van der Waals surface area (Å²) in [5.74, 6) is 1.53. The first kappa shape index (κ1) is 12.9. The summed E-state index contributed by atoms with van der Waals surface area (Å²) in [6.45, 7) is 3.35. The first-order chi connectivity index (χ1) is 9.78. The van der Waals surface area contributed by atoms with Crippen LogP contribution >= 0.6 is 0 Å². The highest BCUT2D eigenvalue weighted by Crippen LogP contribution is 2.31. The van der Waals surface area contributed by atoms with E-state index in [4.69, 9.17) is 5.26 Å². The van der Waals surface area contributed by atoms with Gasteiger partial charge in [-0.2, -0.15) is 5.26 Å². The average Bonchev–Trinajstić information content (AvgIpc) is 3.33. The number of pyridine rings is 1. The monoisotopic (exact) mass is 270 g/mol. The molecule has 0 atom stereocenters. The van der Waals surface area contributed by atoms with E-state index in [1.807, 2.05) is 11.0 Å². The molecule has 1 aliphatic carbocycles. The van der Waals surface area contributed by atoms with Gasteiger partial charge in [0.15, 0.2) is 0 Å². The zero-order valence-electron chi connectivity index (χ0n) is 11.5. The van der Waals surface area contributed by atoms with Crippen LogP contribution < -0.4 is 4.90 Å². The van der Waals surface area contributed by atoms with E-state index in [0.29, 0.717) is 17.4 Å². The number of carbonyl (C=O) groups excluding carboxylic acids is 1. The van der Waals surface area contributed by atoms with E-state index in [0.717, 1.165) is 51.3 Å². The topological polar surface area (TPSA) is 60.2 Å². The smallest absolute Gasteiger partial charge is 0.225 e. The molecule has 2 aliphatic rings. The van der Waals surface area contributed by atoms with Crippen molar-refractivity contribution in [2.45, 2.75) is 19.3 Å². The normalized spacial score (nSPS) is 19.4. The van der Waals surface area contributed by atoms with Crippen LogP contribution in [0, 0.1) is 17.2 Å². The minimum absolute atomic E-state index is 0.301. The predicted octanol–water partition coefficient (Wildman–Crippen LogP) is 1.40. The highest BCUT2D eigenvalue weighted by atomic mass is 16.2. The summed E-state index contributed by atoms with van der Waals surface area (Å²) < 4.78 is 0. The van der Waals surface area contributed by atoms with Gasteiger partial charge in [-0.25, -0.2) is 4.98 Å². The Morgan fingerprint density at radius 2 is 2.10 bits per heavy atom. The molecule has 1 saturated heterocycles. The zero-order chi connectivity index (χ0) is 13.9. The highest BCUT2D eigenvalue weighted by molar-refractivity contribution is 5.81. The molecule has 2 heterocycles. The number of nitriles is 1. The molecule has 0 unspecified atom stereocenters. The first-order valence-electron chi connectivity index (χ1n) is 7.18. The van der Waals surface area contributed by atoms with Crippen molar-refractivity contribution in [2.24, 2.45) is 5.92 Å². The summed E-state index contributed by atoms with van der Waals surface area (Å²) in [4.78, 5) is 20.6. The van der Waals surface area contributed by atoms with Gasteiger partial charge >= 0.3 is 0 Å². The Morgan fingerprint density at radius 3 is 2.75 bits per heavy atom. The molecule has 0 spiro atoms. The van der Waals surface area contributed by atoms with Gasteiger partial charge in [0.25, 0.3) is 0 Å². The van der Waals surface area contributed by atoms with Gasteiger partial charge < -0.3 is 9.80 Å². The number of nitrogens with zero attached hydrogens (tertiary/aromatic N) is 4. The standard InChI is InChI=1S/C15H18N4O/c16-10-12-2-5-14(17-11-12)18-6-1-7-19(9-8-18)15(20)13-3-4-13/h2,5,11,13H,1,3-4,6-9H2. The van der Waals surface area contributed by atoms with Crippen LogP contribution in [-0.4, -0.2) is 42.0 Å². The van der Waals surface area contributed by atoms with Crippen LogP contribution in [0.4, 0.5) is 5.82 Å². The van der Waals surface area contributed by atoms with Crippen molar-refractivity contribution in [3.63, 3.8) is 0 Å². The SMILES string of the molecule is N#Cc1ccc(N2CCCN(C(=O)C3CC3)CC2)nc1. The fourth-order valence-corrected chi connectivity index (χ4v) is 2.59. The molecule has 20 heavy (non-hydrogen) atoms. The van der Waals surface area contributed by atoms with Crippen LogP contribution in [0.3, 0.4) is 0 Å². The Labute approximate surface area is 118 Å². The Kier molecular flexibility index (Phi) is 3.55. The zero-order valence-corrected chi connectivity index (χ0v) is 11.5. The second-order valence-corrected chi connectivity index (χ2v) is 5.46. The molecular formula is C15H18N4O. The molecule has 1 aromatic heterocycles. The lowest BCUT2D eigenvalue weighted by Crippen LogP contribution is -2.36. The molecule has 5 heteroatoms. The van der Waals surface area contributed by atoms with E-state index in [-0.39, 0.29) is 0 Å². The van der Waals surface area contributed by atoms with E-state index in [2.05, 4.69) is 16.0 Å².